The van der Waals surface area contributed by atoms with E-state index in [1.54, 1.807) is 6.20 Å². The number of hydrogen-bond donors (Lipinski definition) is 1. The van der Waals surface area contributed by atoms with Gasteiger partial charge in [-0.1, -0.05) is 18.2 Å². The van der Waals surface area contributed by atoms with Crippen molar-refractivity contribution in [1.82, 2.24) is 4.98 Å². The molecule has 1 amide bonds. The van der Waals surface area contributed by atoms with Crippen molar-refractivity contribution in [2.75, 3.05) is 18.0 Å². The molecule has 1 aliphatic heterocycles. The summed E-state index contributed by atoms with van der Waals surface area (Å²) in [6.45, 7) is 1.67. The first-order valence-electron chi connectivity index (χ1n) is 7.50. The topological polar surface area (TPSA) is 83.0 Å². The van der Waals surface area contributed by atoms with E-state index in [-0.39, 0.29) is 5.91 Å². The number of aromatic nitrogens is 1. The van der Waals surface area contributed by atoms with E-state index in [0.717, 1.165) is 42.5 Å². The second kappa shape index (κ2) is 6.02. The molecule has 0 spiro atoms. The number of hydrogen-bond acceptors (Lipinski definition) is 4. The highest BCUT2D eigenvalue weighted by Gasteiger charge is 2.23. The number of carbonyl (C=O) groups is 1. The van der Waals surface area contributed by atoms with E-state index in [4.69, 9.17) is 5.73 Å². The summed E-state index contributed by atoms with van der Waals surface area (Å²) in [4.78, 5) is 17.6. The smallest absolute Gasteiger partial charge is 0.217 e. The van der Waals surface area contributed by atoms with E-state index < -0.39 is 0 Å². The number of nitrogens with zero attached hydrogens (tertiary/aromatic N) is 3. The number of piperidine rings is 1. The van der Waals surface area contributed by atoms with Crippen LogP contribution in [0.25, 0.3) is 10.9 Å². The molecule has 22 heavy (non-hydrogen) atoms. The highest BCUT2D eigenvalue weighted by atomic mass is 16.1. The number of carbonyl (C=O) groups excluding carboxylic acids is 1. The van der Waals surface area contributed by atoms with Crippen molar-refractivity contribution in [2.24, 2.45) is 11.7 Å². The van der Waals surface area contributed by atoms with Gasteiger partial charge in [0.25, 0.3) is 0 Å². The molecule has 0 bridgehead atoms. The second-order valence-corrected chi connectivity index (χ2v) is 5.75. The minimum Gasteiger partial charge on any atom is -0.370 e. The molecule has 0 aliphatic carbocycles. The van der Waals surface area contributed by atoms with Gasteiger partial charge in [-0.3, -0.25) is 9.78 Å². The van der Waals surface area contributed by atoms with Crippen molar-refractivity contribution in [3.63, 3.8) is 0 Å². The molecule has 1 saturated heterocycles. The molecule has 3 rings (SSSR count). The number of nitriles is 1. The minimum atomic E-state index is -0.231. The Labute approximate surface area is 129 Å². The van der Waals surface area contributed by atoms with Crippen LogP contribution in [0, 0.1) is 17.2 Å². The van der Waals surface area contributed by atoms with Crippen molar-refractivity contribution in [2.45, 2.75) is 19.3 Å². The van der Waals surface area contributed by atoms with Gasteiger partial charge in [0.1, 0.15) is 6.07 Å². The van der Waals surface area contributed by atoms with Crippen molar-refractivity contribution in [3.8, 4) is 6.07 Å². The third-order valence-corrected chi connectivity index (χ3v) is 4.29. The first-order valence-corrected chi connectivity index (χ1v) is 7.50. The molecular weight excluding hydrogens is 276 g/mol. The average Bonchev–Trinajstić information content (AvgIpc) is 2.54. The number of benzene rings is 1. The summed E-state index contributed by atoms with van der Waals surface area (Å²) in [5.74, 6) is 0.123. The summed E-state index contributed by atoms with van der Waals surface area (Å²) < 4.78 is 0. The van der Waals surface area contributed by atoms with Crippen molar-refractivity contribution < 1.29 is 4.79 Å². The Bertz CT molecular complexity index is 742. The molecular formula is C17H18N4O. The lowest BCUT2D eigenvalue weighted by atomic mass is 9.92. The normalized spacial score (nSPS) is 15.7. The van der Waals surface area contributed by atoms with Crippen LogP contribution in [0.5, 0.6) is 0 Å². The number of nitrogens with two attached hydrogens (primary N) is 1. The Hall–Kier alpha value is -2.61. The summed E-state index contributed by atoms with van der Waals surface area (Å²) in [5.41, 5.74) is 7.75. The molecule has 112 valence electrons. The molecule has 2 N–H and O–H groups in total. The van der Waals surface area contributed by atoms with Crippen LogP contribution in [0.3, 0.4) is 0 Å². The molecule has 0 unspecified atom stereocenters. The van der Waals surface area contributed by atoms with E-state index >= 15 is 0 Å². The van der Waals surface area contributed by atoms with Gasteiger partial charge in [0.2, 0.25) is 5.91 Å². The second-order valence-electron chi connectivity index (χ2n) is 5.75. The number of anilines is 1. The van der Waals surface area contributed by atoms with E-state index in [0.29, 0.717) is 17.9 Å². The number of rotatable bonds is 3. The van der Waals surface area contributed by atoms with Crippen LogP contribution in [-0.2, 0) is 4.79 Å². The van der Waals surface area contributed by atoms with Gasteiger partial charge in [-0.25, -0.2) is 0 Å². The van der Waals surface area contributed by atoms with Gasteiger partial charge in [-0.15, -0.1) is 0 Å². The Balaban J connectivity index is 1.91. The van der Waals surface area contributed by atoms with Gasteiger partial charge < -0.3 is 10.6 Å². The molecule has 1 aliphatic rings. The Kier molecular flexibility index (Phi) is 3.92. The van der Waals surface area contributed by atoms with Gasteiger partial charge in [0.05, 0.1) is 16.8 Å². The largest absolute Gasteiger partial charge is 0.370 e. The zero-order valence-corrected chi connectivity index (χ0v) is 12.3. The molecule has 1 aromatic carbocycles. The van der Waals surface area contributed by atoms with Crippen molar-refractivity contribution in [3.05, 3.63) is 36.0 Å². The average molecular weight is 294 g/mol. The number of para-hydroxylation sites is 1. The molecule has 0 atom stereocenters. The van der Waals surface area contributed by atoms with Gasteiger partial charge in [-0.2, -0.15) is 5.26 Å². The molecule has 0 saturated carbocycles. The lowest BCUT2D eigenvalue weighted by Gasteiger charge is -2.34. The van der Waals surface area contributed by atoms with Crippen LogP contribution in [0.4, 0.5) is 5.69 Å². The molecule has 2 aromatic rings. The molecule has 5 heteroatoms. The van der Waals surface area contributed by atoms with Gasteiger partial charge >= 0.3 is 0 Å². The fraction of sp³-hybridized carbons (Fsp3) is 0.353. The van der Waals surface area contributed by atoms with Crippen LogP contribution in [-0.4, -0.2) is 24.0 Å². The molecule has 2 heterocycles. The first-order chi connectivity index (χ1) is 10.7. The lowest BCUT2D eigenvalue weighted by molar-refractivity contribution is -0.119. The maximum atomic E-state index is 11.1. The third-order valence-electron chi connectivity index (χ3n) is 4.29. The molecule has 1 fully saturated rings. The van der Waals surface area contributed by atoms with Crippen LogP contribution in [0.15, 0.2) is 30.5 Å². The predicted octanol–water partition coefficient (Wildman–Crippen LogP) is 2.20. The van der Waals surface area contributed by atoms with E-state index in [1.807, 2.05) is 24.3 Å². The van der Waals surface area contributed by atoms with E-state index in [9.17, 15) is 10.1 Å². The fourth-order valence-electron chi connectivity index (χ4n) is 3.19. The molecule has 0 radical (unpaired) electrons. The Morgan fingerprint density at radius 3 is 2.77 bits per heavy atom. The molecule has 1 aromatic heterocycles. The predicted molar refractivity (Wildman–Crippen MR) is 85.2 cm³/mol. The summed E-state index contributed by atoms with van der Waals surface area (Å²) in [6, 6.07) is 10.1. The minimum absolute atomic E-state index is 0.231. The van der Waals surface area contributed by atoms with Crippen molar-refractivity contribution >= 4 is 22.5 Å². The third kappa shape index (κ3) is 2.73. The SMILES string of the molecule is N#Cc1cnc2ccccc2c1N1CCC(CC(N)=O)CC1. The fourth-order valence-corrected chi connectivity index (χ4v) is 3.19. The molecule has 5 nitrogen and oxygen atoms in total. The zero-order chi connectivity index (χ0) is 15.5. The van der Waals surface area contributed by atoms with Gasteiger partial charge in [-0.05, 0) is 24.8 Å². The van der Waals surface area contributed by atoms with Crippen LogP contribution in [0.1, 0.15) is 24.8 Å². The van der Waals surface area contributed by atoms with Crippen LogP contribution in [0.2, 0.25) is 0 Å². The van der Waals surface area contributed by atoms with Gasteiger partial charge in [0, 0.05) is 31.1 Å². The summed E-state index contributed by atoms with van der Waals surface area (Å²) in [6.07, 6.45) is 3.94. The highest BCUT2D eigenvalue weighted by Crippen LogP contribution is 2.32. The highest BCUT2D eigenvalue weighted by molar-refractivity contribution is 5.94. The number of amides is 1. The lowest BCUT2D eigenvalue weighted by Crippen LogP contribution is -2.35. The quantitative estimate of drug-likeness (QED) is 0.940. The number of fused-ring (bicyclic) bond motifs is 1. The van der Waals surface area contributed by atoms with Gasteiger partial charge in [0.15, 0.2) is 0 Å². The van der Waals surface area contributed by atoms with Crippen LogP contribution < -0.4 is 10.6 Å². The maximum Gasteiger partial charge on any atom is 0.217 e. The zero-order valence-electron chi connectivity index (χ0n) is 12.3. The van der Waals surface area contributed by atoms with E-state index in [2.05, 4.69) is 16.0 Å². The summed E-state index contributed by atoms with van der Waals surface area (Å²) in [5, 5.41) is 10.4. The summed E-state index contributed by atoms with van der Waals surface area (Å²) in [7, 11) is 0. The maximum absolute atomic E-state index is 11.1. The van der Waals surface area contributed by atoms with Crippen molar-refractivity contribution in [1.29, 1.82) is 5.26 Å². The Morgan fingerprint density at radius 1 is 1.36 bits per heavy atom. The summed E-state index contributed by atoms with van der Waals surface area (Å²) >= 11 is 0. The first kappa shape index (κ1) is 14.3. The van der Waals surface area contributed by atoms with Crippen LogP contribution >= 0.6 is 0 Å². The Morgan fingerprint density at radius 2 is 2.09 bits per heavy atom. The standard InChI is InChI=1S/C17H18N4O/c18-10-13-11-20-15-4-2-1-3-14(15)17(13)21-7-5-12(6-8-21)9-16(19)22/h1-4,11-12H,5-9H2,(H2,19,22). The number of primary amides is 1. The van der Waals surface area contributed by atoms with E-state index in [1.165, 1.54) is 0 Å². The number of pyridine rings is 1. The monoisotopic (exact) mass is 294 g/mol.